The fraction of sp³-hybridized carbons (Fsp3) is 0.219. The standard InChI is InChI=1S/C32H35N5O2/c1-20-27(12-9-13-28(20)33-21(2)23-14-16-24(17-15-23)32(4,5)6)29-19-37(7)31(39)30(36-29)35-26-11-8-10-25(18-26)34-22(3)38/h8-19,33H,2H2,1,3-7H3,(H,34,38)(H,35,36). The molecule has 7 nitrogen and oxygen atoms in total. The number of nitrogens with zero attached hydrogens (tertiary/aromatic N) is 2. The van der Waals surface area contributed by atoms with E-state index in [1.807, 2.05) is 31.2 Å². The van der Waals surface area contributed by atoms with Crippen molar-refractivity contribution in [1.82, 2.24) is 9.55 Å². The highest BCUT2D eigenvalue weighted by molar-refractivity contribution is 5.89. The van der Waals surface area contributed by atoms with Crippen LogP contribution in [0.1, 0.15) is 44.4 Å². The Morgan fingerprint density at radius 3 is 2.28 bits per heavy atom. The Morgan fingerprint density at radius 2 is 1.62 bits per heavy atom. The summed E-state index contributed by atoms with van der Waals surface area (Å²) in [5, 5.41) is 9.32. The van der Waals surface area contributed by atoms with Crippen LogP contribution in [0.3, 0.4) is 0 Å². The molecule has 0 aliphatic carbocycles. The third-order valence-corrected chi connectivity index (χ3v) is 6.51. The lowest BCUT2D eigenvalue weighted by Gasteiger charge is -2.20. The molecule has 4 rings (SSSR count). The molecule has 0 fully saturated rings. The number of hydrogen-bond donors (Lipinski definition) is 3. The fourth-order valence-corrected chi connectivity index (χ4v) is 4.29. The van der Waals surface area contributed by atoms with Crippen LogP contribution in [-0.2, 0) is 17.3 Å². The first-order chi connectivity index (χ1) is 18.4. The van der Waals surface area contributed by atoms with E-state index in [1.165, 1.54) is 17.1 Å². The predicted octanol–water partition coefficient (Wildman–Crippen LogP) is 6.84. The molecule has 7 heteroatoms. The summed E-state index contributed by atoms with van der Waals surface area (Å²) in [6.45, 7) is 14.3. The highest BCUT2D eigenvalue weighted by Crippen LogP contribution is 2.30. The summed E-state index contributed by atoms with van der Waals surface area (Å²) in [5.74, 6) is 0.0211. The van der Waals surface area contributed by atoms with Gasteiger partial charge in [-0.1, -0.05) is 69.8 Å². The zero-order valence-electron chi connectivity index (χ0n) is 23.3. The molecule has 0 bridgehead atoms. The molecule has 0 saturated carbocycles. The van der Waals surface area contributed by atoms with E-state index in [1.54, 1.807) is 31.4 Å². The summed E-state index contributed by atoms with van der Waals surface area (Å²) in [7, 11) is 1.70. The number of rotatable bonds is 7. The van der Waals surface area contributed by atoms with Crippen LogP contribution < -0.4 is 21.5 Å². The average Bonchev–Trinajstić information content (AvgIpc) is 2.87. The normalized spacial score (nSPS) is 11.1. The molecular formula is C32H35N5O2. The van der Waals surface area contributed by atoms with Crippen molar-refractivity contribution in [1.29, 1.82) is 0 Å². The Hall–Kier alpha value is -4.65. The van der Waals surface area contributed by atoms with E-state index in [9.17, 15) is 9.59 Å². The molecule has 3 N–H and O–H groups in total. The Bertz CT molecular complexity index is 1590. The smallest absolute Gasteiger partial charge is 0.293 e. The van der Waals surface area contributed by atoms with Crippen molar-refractivity contribution in [2.24, 2.45) is 7.05 Å². The number of hydrogen-bond acceptors (Lipinski definition) is 5. The van der Waals surface area contributed by atoms with E-state index < -0.39 is 0 Å². The molecule has 0 unspecified atom stereocenters. The quantitative estimate of drug-likeness (QED) is 0.248. The maximum Gasteiger partial charge on any atom is 0.293 e. The summed E-state index contributed by atoms with van der Waals surface area (Å²) in [5.41, 5.74) is 7.61. The van der Waals surface area contributed by atoms with Gasteiger partial charge in [0.25, 0.3) is 5.56 Å². The summed E-state index contributed by atoms with van der Waals surface area (Å²) < 4.78 is 1.51. The van der Waals surface area contributed by atoms with Crippen LogP contribution >= 0.6 is 0 Å². The Balaban J connectivity index is 1.62. The van der Waals surface area contributed by atoms with Gasteiger partial charge in [-0.25, -0.2) is 4.98 Å². The van der Waals surface area contributed by atoms with Gasteiger partial charge in [0.2, 0.25) is 5.91 Å². The number of carbonyl (C=O) groups excluding carboxylic acids is 1. The molecule has 0 atom stereocenters. The molecule has 0 saturated heterocycles. The topological polar surface area (TPSA) is 88.0 Å². The molecule has 0 aliphatic rings. The van der Waals surface area contributed by atoms with Crippen LogP contribution in [0.2, 0.25) is 0 Å². The largest absolute Gasteiger partial charge is 0.355 e. The number of amides is 1. The van der Waals surface area contributed by atoms with Gasteiger partial charge >= 0.3 is 0 Å². The molecule has 0 radical (unpaired) electrons. The van der Waals surface area contributed by atoms with Gasteiger partial charge in [0.15, 0.2) is 5.82 Å². The van der Waals surface area contributed by atoms with E-state index in [2.05, 4.69) is 72.5 Å². The van der Waals surface area contributed by atoms with E-state index in [0.717, 1.165) is 28.1 Å². The van der Waals surface area contributed by atoms with Crippen molar-refractivity contribution in [2.75, 3.05) is 16.0 Å². The maximum atomic E-state index is 12.9. The number of carbonyl (C=O) groups is 1. The van der Waals surface area contributed by atoms with Crippen molar-refractivity contribution < 1.29 is 4.79 Å². The van der Waals surface area contributed by atoms with Crippen LogP contribution in [0.5, 0.6) is 0 Å². The lowest BCUT2D eigenvalue weighted by Crippen LogP contribution is -2.21. The second-order valence-corrected chi connectivity index (χ2v) is 10.7. The van der Waals surface area contributed by atoms with Gasteiger partial charge in [-0.15, -0.1) is 0 Å². The molecule has 200 valence electrons. The van der Waals surface area contributed by atoms with Gasteiger partial charge in [0, 0.05) is 48.5 Å². The van der Waals surface area contributed by atoms with Gasteiger partial charge in [-0.3, -0.25) is 9.59 Å². The molecule has 1 amide bonds. The number of anilines is 4. The van der Waals surface area contributed by atoms with Crippen LogP contribution in [-0.4, -0.2) is 15.5 Å². The third kappa shape index (κ3) is 6.44. The van der Waals surface area contributed by atoms with Crippen LogP contribution in [0.4, 0.5) is 22.9 Å². The molecule has 1 heterocycles. The molecule has 0 spiro atoms. The minimum Gasteiger partial charge on any atom is -0.355 e. The number of aryl methyl sites for hydroxylation is 1. The minimum absolute atomic E-state index is 0.0863. The van der Waals surface area contributed by atoms with Crippen LogP contribution in [0.25, 0.3) is 17.0 Å². The molecule has 4 aromatic rings. The average molecular weight is 522 g/mol. The van der Waals surface area contributed by atoms with Crippen LogP contribution in [0, 0.1) is 6.92 Å². The minimum atomic E-state index is -0.261. The Labute approximate surface area is 229 Å². The zero-order chi connectivity index (χ0) is 28.3. The lowest BCUT2D eigenvalue weighted by molar-refractivity contribution is -0.114. The summed E-state index contributed by atoms with van der Waals surface area (Å²) in [6, 6.07) is 21.5. The fourth-order valence-electron chi connectivity index (χ4n) is 4.29. The van der Waals surface area contributed by atoms with E-state index >= 15 is 0 Å². The number of nitrogens with one attached hydrogen (secondary N) is 3. The summed E-state index contributed by atoms with van der Waals surface area (Å²) in [6.07, 6.45) is 1.73. The van der Waals surface area contributed by atoms with Gasteiger partial charge < -0.3 is 20.5 Å². The molecule has 0 aliphatic heterocycles. The maximum absolute atomic E-state index is 12.9. The van der Waals surface area contributed by atoms with Crippen molar-refractivity contribution >= 4 is 34.5 Å². The molecular weight excluding hydrogens is 486 g/mol. The van der Waals surface area contributed by atoms with Gasteiger partial charge in [0.05, 0.1) is 5.69 Å². The molecule has 39 heavy (non-hydrogen) atoms. The SMILES string of the molecule is C=C(Nc1cccc(-c2cn(C)c(=O)c(Nc3cccc(NC(C)=O)c3)n2)c1C)c1ccc(C(C)(C)C)cc1. The third-order valence-electron chi connectivity index (χ3n) is 6.51. The van der Waals surface area contributed by atoms with Crippen molar-refractivity contribution in [3.8, 4) is 11.3 Å². The van der Waals surface area contributed by atoms with Crippen molar-refractivity contribution in [3.05, 3.63) is 107 Å². The second kappa shape index (κ2) is 11.0. The predicted molar refractivity (Wildman–Crippen MR) is 161 cm³/mol. The lowest BCUT2D eigenvalue weighted by atomic mass is 9.86. The van der Waals surface area contributed by atoms with Crippen LogP contribution in [0.15, 0.2) is 84.3 Å². The van der Waals surface area contributed by atoms with Gasteiger partial charge in [0.1, 0.15) is 0 Å². The first-order valence-corrected chi connectivity index (χ1v) is 12.8. The highest BCUT2D eigenvalue weighted by atomic mass is 16.1. The zero-order valence-corrected chi connectivity index (χ0v) is 23.3. The van der Waals surface area contributed by atoms with Crippen molar-refractivity contribution in [2.45, 2.75) is 40.0 Å². The Morgan fingerprint density at radius 1 is 0.949 bits per heavy atom. The van der Waals surface area contributed by atoms with E-state index in [0.29, 0.717) is 17.1 Å². The van der Waals surface area contributed by atoms with E-state index in [4.69, 9.17) is 0 Å². The first-order valence-electron chi connectivity index (χ1n) is 12.8. The Kier molecular flexibility index (Phi) is 7.72. The molecule has 3 aromatic carbocycles. The van der Waals surface area contributed by atoms with Crippen molar-refractivity contribution in [3.63, 3.8) is 0 Å². The highest BCUT2D eigenvalue weighted by Gasteiger charge is 2.15. The monoisotopic (exact) mass is 521 g/mol. The number of benzene rings is 3. The summed E-state index contributed by atoms with van der Waals surface area (Å²) in [4.78, 5) is 29.0. The number of aromatic nitrogens is 2. The molecule has 1 aromatic heterocycles. The summed E-state index contributed by atoms with van der Waals surface area (Å²) >= 11 is 0. The first kappa shape index (κ1) is 27.4. The second-order valence-electron chi connectivity index (χ2n) is 10.7. The van der Waals surface area contributed by atoms with Gasteiger partial charge in [-0.05, 0) is 53.3 Å². The van der Waals surface area contributed by atoms with Gasteiger partial charge in [-0.2, -0.15) is 0 Å². The van der Waals surface area contributed by atoms with E-state index in [-0.39, 0.29) is 22.7 Å².